The smallest absolute Gasteiger partial charge is 0.338 e. The van der Waals surface area contributed by atoms with E-state index in [0.29, 0.717) is 12.1 Å². The molecule has 0 heterocycles. The first-order valence-corrected chi connectivity index (χ1v) is 8.10. The van der Waals surface area contributed by atoms with Gasteiger partial charge in [0.15, 0.2) is 6.10 Å². The van der Waals surface area contributed by atoms with Gasteiger partial charge in [-0.3, -0.25) is 4.79 Å². The number of likely N-dealkylation sites (N-methyl/N-ethyl adjacent to an activating group) is 1. The van der Waals surface area contributed by atoms with Crippen molar-refractivity contribution in [1.82, 2.24) is 4.90 Å². The van der Waals surface area contributed by atoms with Crippen molar-refractivity contribution in [2.45, 2.75) is 19.6 Å². The number of nitrogens with zero attached hydrogens (tertiary/aromatic N) is 1. The van der Waals surface area contributed by atoms with Gasteiger partial charge in [-0.05, 0) is 36.8 Å². The number of esters is 2. The normalized spacial score (nSPS) is 11.3. The molecule has 6 heteroatoms. The molecule has 0 spiro atoms. The molecule has 0 fully saturated rings. The molecule has 0 radical (unpaired) electrons. The second kappa shape index (κ2) is 8.80. The lowest BCUT2D eigenvalue weighted by molar-refractivity contribution is -0.139. The third-order valence-corrected chi connectivity index (χ3v) is 3.81. The zero-order chi connectivity index (χ0) is 19.1. The van der Waals surface area contributed by atoms with E-state index in [1.165, 1.54) is 43.2 Å². The monoisotopic (exact) mass is 355 g/mol. The van der Waals surface area contributed by atoms with Crippen molar-refractivity contribution in [3.63, 3.8) is 0 Å². The van der Waals surface area contributed by atoms with Crippen LogP contribution in [-0.2, 0) is 20.8 Å². The maximum atomic E-state index is 12.4. The molecule has 2 aromatic carbocycles. The first-order valence-electron chi connectivity index (χ1n) is 8.10. The van der Waals surface area contributed by atoms with Gasteiger partial charge in [-0.1, -0.05) is 30.3 Å². The van der Waals surface area contributed by atoms with Crippen LogP contribution in [0.5, 0.6) is 0 Å². The summed E-state index contributed by atoms with van der Waals surface area (Å²) in [4.78, 5) is 37.5. The van der Waals surface area contributed by atoms with E-state index in [0.717, 1.165) is 5.56 Å². The van der Waals surface area contributed by atoms with Crippen LogP contribution in [0.1, 0.15) is 33.2 Å². The fourth-order valence-corrected chi connectivity index (χ4v) is 2.38. The first kappa shape index (κ1) is 19.2. The molecular weight excluding hydrogens is 334 g/mol. The Kier molecular flexibility index (Phi) is 6.49. The molecular formula is C20H21NO5. The van der Waals surface area contributed by atoms with E-state index in [9.17, 15) is 14.4 Å². The van der Waals surface area contributed by atoms with Gasteiger partial charge in [-0.25, -0.2) is 9.59 Å². The summed E-state index contributed by atoms with van der Waals surface area (Å²) in [6.07, 6.45) is -0.920. The van der Waals surface area contributed by atoms with E-state index in [4.69, 9.17) is 4.74 Å². The lowest BCUT2D eigenvalue weighted by Crippen LogP contribution is -2.37. The van der Waals surface area contributed by atoms with Gasteiger partial charge < -0.3 is 14.4 Å². The topological polar surface area (TPSA) is 72.9 Å². The molecule has 0 aromatic heterocycles. The minimum absolute atomic E-state index is 0.253. The molecule has 0 aliphatic rings. The molecule has 136 valence electrons. The van der Waals surface area contributed by atoms with Gasteiger partial charge in [0, 0.05) is 13.6 Å². The molecule has 0 saturated heterocycles. The zero-order valence-electron chi connectivity index (χ0n) is 15.0. The molecule has 0 aliphatic heterocycles. The number of rotatable bonds is 6. The van der Waals surface area contributed by atoms with Crippen LogP contribution in [0.4, 0.5) is 0 Å². The van der Waals surface area contributed by atoms with Crippen LogP contribution >= 0.6 is 0 Å². The largest absolute Gasteiger partial charge is 0.465 e. The maximum Gasteiger partial charge on any atom is 0.338 e. The summed E-state index contributed by atoms with van der Waals surface area (Å²) in [5.41, 5.74) is 1.57. The Morgan fingerprint density at radius 2 is 1.46 bits per heavy atom. The molecule has 26 heavy (non-hydrogen) atoms. The number of amides is 1. The van der Waals surface area contributed by atoms with Gasteiger partial charge in [0.05, 0.1) is 18.2 Å². The summed E-state index contributed by atoms with van der Waals surface area (Å²) in [5, 5.41) is 0. The minimum Gasteiger partial charge on any atom is -0.465 e. The quantitative estimate of drug-likeness (QED) is 0.745. The van der Waals surface area contributed by atoms with Gasteiger partial charge in [0.1, 0.15) is 0 Å². The molecule has 0 unspecified atom stereocenters. The molecule has 2 aromatic rings. The van der Waals surface area contributed by atoms with Crippen LogP contribution in [0.15, 0.2) is 54.6 Å². The molecule has 0 saturated carbocycles. The van der Waals surface area contributed by atoms with Crippen molar-refractivity contribution in [3.8, 4) is 0 Å². The lowest BCUT2D eigenvalue weighted by Gasteiger charge is -2.21. The average molecular weight is 355 g/mol. The van der Waals surface area contributed by atoms with E-state index in [2.05, 4.69) is 4.74 Å². The average Bonchev–Trinajstić information content (AvgIpc) is 2.67. The van der Waals surface area contributed by atoms with Crippen molar-refractivity contribution in [3.05, 3.63) is 71.3 Å². The summed E-state index contributed by atoms with van der Waals surface area (Å²) >= 11 is 0. The highest BCUT2D eigenvalue weighted by Gasteiger charge is 2.22. The highest BCUT2D eigenvalue weighted by molar-refractivity contribution is 5.94. The third-order valence-electron chi connectivity index (χ3n) is 3.81. The van der Waals surface area contributed by atoms with E-state index in [1.54, 1.807) is 7.05 Å². The van der Waals surface area contributed by atoms with Crippen LogP contribution < -0.4 is 0 Å². The number of carbonyl (C=O) groups excluding carboxylic acids is 3. The fraction of sp³-hybridized carbons (Fsp3) is 0.250. The van der Waals surface area contributed by atoms with Crippen LogP contribution in [0.25, 0.3) is 0 Å². The molecule has 2 rings (SSSR count). The Morgan fingerprint density at radius 3 is 2.00 bits per heavy atom. The SMILES string of the molecule is COC(=O)c1ccc(C(=O)O[C@@H](C)C(=O)N(C)Cc2ccccc2)cc1. The molecule has 6 nitrogen and oxygen atoms in total. The molecule has 1 amide bonds. The van der Waals surface area contributed by atoms with Crippen LogP contribution in [-0.4, -0.2) is 43.0 Å². The summed E-state index contributed by atoms with van der Waals surface area (Å²) in [7, 11) is 2.94. The van der Waals surface area contributed by atoms with Crippen LogP contribution in [0.3, 0.4) is 0 Å². The van der Waals surface area contributed by atoms with E-state index < -0.39 is 18.0 Å². The third kappa shape index (κ3) is 4.92. The number of hydrogen-bond acceptors (Lipinski definition) is 5. The van der Waals surface area contributed by atoms with Gasteiger partial charge in [0.25, 0.3) is 5.91 Å². The van der Waals surface area contributed by atoms with E-state index in [1.807, 2.05) is 30.3 Å². The predicted molar refractivity (Wildman–Crippen MR) is 95.6 cm³/mol. The highest BCUT2D eigenvalue weighted by atomic mass is 16.5. The van der Waals surface area contributed by atoms with Crippen LogP contribution in [0.2, 0.25) is 0 Å². The number of ether oxygens (including phenoxy) is 2. The van der Waals surface area contributed by atoms with Crippen molar-refractivity contribution in [2.75, 3.05) is 14.2 Å². The molecule has 0 N–H and O–H groups in total. The minimum atomic E-state index is -0.920. The van der Waals surface area contributed by atoms with Gasteiger partial charge in [-0.2, -0.15) is 0 Å². The summed E-state index contributed by atoms with van der Waals surface area (Å²) < 4.78 is 9.84. The lowest BCUT2D eigenvalue weighted by atomic mass is 10.1. The maximum absolute atomic E-state index is 12.4. The summed E-state index contributed by atoms with van der Waals surface area (Å²) in [5.74, 6) is -1.42. The van der Waals surface area contributed by atoms with Gasteiger partial charge in [-0.15, -0.1) is 0 Å². The first-order chi connectivity index (χ1) is 12.4. The molecule has 1 atom stereocenters. The summed E-state index contributed by atoms with van der Waals surface area (Å²) in [6.45, 7) is 1.96. The van der Waals surface area contributed by atoms with Gasteiger partial charge in [0.2, 0.25) is 0 Å². The van der Waals surface area contributed by atoms with Crippen molar-refractivity contribution in [1.29, 1.82) is 0 Å². The molecule has 0 aliphatic carbocycles. The Morgan fingerprint density at radius 1 is 0.923 bits per heavy atom. The molecule has 0 bridgehead atoms. The highest BCUT2D eigenvalue weighted by Crippen LogP contribution is 2.10. The summed E-state index contributed by atoms with van der Waals surface area (Å²) in [6, 6.07) is 15.4. The van der Waals surface area contributed by atoms with E-state index >= 15 is 0 Å². The fourth-order valence-electron chi connectivity index (χ4n) is 2.38. The van der Waals surface area contributed by atoms with Gasteiger partial charge >= 0.3 is 11.9 Å². The standard InChI is InChI=1S/C20H21NO5/c1-14(18(22)21(2)13-15-7-5-4-6-8-15)26-20(24)17-11-9-16(10-12-17)19(23)25-3/h4-12,14H,13H2,1-3H3/t14-/m0/s1. The van der Waals surface area contributed by atoms with Crippen molar-refractivity contribution < 1.29 is 23.9 Å². The second-order valence-electron chi connectivity index (χ2n) is 5.80. The predicted octanol–water partition coefficient (Wildman–Crippen LogP) is 2.68. The number of carbonyl (C=O) groups is 3. The Balaban J connectivity index is 1.95. The number of methoxy groups -OCH3 is 1. The second-order valence-corrected chi connectivity index (χ2v) is 5.80. The number of hydrogen-bond donors (Lipinski definition) is 0. The van der Waals surface area contributed by atoms with Crippen molar-refractivity contribution in [2.24, 2.45) is 0 Å². The number of benzene rings is 2. The van der Waals surface area contributed by atoms with Crippen molar-refractivity contribution >= 4 is 17.8 Å². The Hall–Kier alpha value is -3.15. The zero-order valence-corrected chi connectivity index (χ0v) is 15.0. The van der Waals surface area contributed by atoms with E-state index in [-0.39, 0.29) is 11.5 Å². The van der Waals surface area contributed by atoms with Crippen LogP contribution in [0, 0.1) is 0 Å². The Bertz CT molecular complexity index is 771. The Labute approximate surface area is 152 Å².